The molecule has 2 aliphatic rings. The van der Waals surface area contributed by atoms with Crippen molar-refractivity contribution in [1.29, 1.82) is 0 Å². The summed E-state index contributed by atoms with van der Waals surface area (Å²) in [4.78, 5) is 12.4. The second-order valence-electron chi connectivity index (χ2n) is 6.79. The molecule has 0 aromatic heterocycles. The molecule has 0 aromatic rings. The van der Waals surface area contributed by atoms with Gasteiger partial charge in [-0.25, -0.2) is 0 Å². The molecule has 1 heterocycles. The normalized spacial score (nSPS) is 29.3. The van der Waals surface area contributed by atoms with E-state index in [-0.39, 0.29) is 17.9 Å². The minimum absolute atomic E-state index is 0.0197. The molecule has 116 valence electrons. The van der Waals surface area contributed by atoms with Crippen molar-refractivity contribution in [2.75, 3.05) is 26.3 Å². The first-order chi connectivity index (χ1) is 9.64. The summed E-state index contributed by atoms with van der Waals surface area (Å²) in [5, 5.41) is 6.61. The standard InChI is InChI=1S/C16H30N2O2/c1-3-9-17-14-11-20-10-13(14)15(19)18-12-16(2)7-5-4-6-8-16/h13-14,17H,3-12H2,1-2H3,(H,18,19). The zero-order valence-electron chi connectivity index (χ0n) is 13.0. The molecule has 0 radical (unpaired) electrons. The summed E-state index contributed by atoms with van der Waals surface area (Å²) in [6.45, 7) is 7.45. The van der Waals surface area contributed by atoms with E-state index in [1.165, 1.54) is 32.1 Å². The summed E-state index contributed by atoms with van der Waals surface area (Å²) < 4.78 is 5.48. The third-order valence-corrected chi connectivity index (χ3v) is 4.82. The SMILES string of the molecule is CCCNC1COCC1C(=O)NCC1(C)CCCCC1. The summed E-state index contributed by atoms with van der Waals surface area (Å²) in [5.74, 6) is 0.150. The van der Waals surface area contributed by atoms with Crippen LogP contribution in [0.5, 0.6) is 0 Å². The van der Waals surface area contributed by atoms with Crippen molar-refractivity contribution in [1.82, 2.24) is 10.6 Å². The van der Waals surface area contributed by atoms with Crippen LogP contribution in [0, 0.1) is 11.3 Å². The summed E-state index contributed by atoms with van der Waals surface area (Å²) in [7, 11) is 0. The molecule has 1 aliphatic heterocycles. The van der Waals surface area contributed by atoms with Gasteiger partial charge in [0.25, 0.3) is 0 Å². The largest absolute Gasteiger partial charge is 0.379 e. The van der Waals surface area contributed by atoms with Gasteiger partial charge in [-0.05, 0) is 31.2 Å². The maximum atomic E-state index is 12.4. The molecule has 4 nitrogen and oxygen atoms in total. The molecule has 2 N–H and O–H groups in total. The van der Waals surface area contributed by atoms with Crippen LogP contribution in [0.1, 0.15) is 52.4 Å². The van der Waals surface area contributed by atoms with Gasteiger partial charge in [0, 0.05) is 12.6 Å². The molecule has 0 bridgehead atoms. The zero-order valence-corrected chi connectivity index (χ0v) is 13.0. The van der Waals surface area contributed by atoms with Crippen LogP contribution in [-0.4, -0.2) is 38.3 Å². The molecule has 0 spiro atoms. The van der Waals surface area contributed by atoms with Gasteiger partial charge in [-0.1, -0.05) is 33.1 Å². The number of hydrogen-bond donors (Lipinski definition) is 2. The zero-order chi connectivity index (χ0) is 14.4. The monoisotopic (exact) mass is 282 g/mol. The number of amides is 1. The van der Waals surface area contributed by atoms with Crippen LogP contribution in [0.25, 0.3) is 0 Å². The summed E-state index contributed by atoms with van der Waals surface area (Å²) >= 11 is 0. The van der Waals surface area contributed by atoms with Crippen molar-refractivity contribution in [3.8, 4) is 0 Å². The van der Waals surface area contributed by atoms with Gasteiger partial charge in [0.2, 0.25) is 5.91 Å². The fourth-order valence-corrected chi connectivity index (χ4v) is 3.36. The van der Waals surface area contributed by atoms with Crippen LogP contribution in [0.15, 0.2) is 0 Å². The average molecular weight is 282 g/mol. The molecule has 4 heteroatoms. The fourth-order valence-electron chi connectivity index (χ4n) is 3.36. The summed E-state index contributed by atoms with van der Waals surface area (Å²) in [5.41, 5.74) is 0.305. The van der Waals surface area contributed by atoms with Gasteiger partial charge in [0.05, 0.1) is 19.1 Å². The quantitative estimate of drug-likeness (QED) is 0.784. The fraction of sp³-hybridized carbons (Fsp3) is 0.938. The smallest absolute Gasteiger partial charge is 0.227 e. The number of ether oxygens (including phenoxy) is 1. The highest BCUT2D eigenvalue weighted by atomic mass is 16.5. The van der Waals surface area contributed by atoms with Crippen LogP contribution in [0.3, 0.4) is 0 Å². The first-order valence-electron chi connectivity index (χ1n) is 8.23. The Balaban J connectivity index is 1.78. The van der Waals surface area contributed by atoms with E-state index in [1.54, 1.807) is 0 Å². The number of hydrogen-bond acceptors (Lipinski definition) is 3. The Labute approximate surface area is 123 Å². The molecule has 2 unspecified atom stereocenters. The van der Waals surface area contributed by atoms with Crippen LogP contribution in [0.4, 0.5) is 0 Å². The Morgan fingerprint density at radius 2 is 2.00 bits per heavy atom. The predicted molar refractivity (Wildman–Crippen MR) is 80.6 cm³/mol. The molecule has 1 saturated carbocycles. The van der Waals surface area contributed by atoms with Gasteiger partial charge >= 0.3 is 0 Å². The molecular weight excluding hydrogens is 252 g/mol. The Bertz CT molecular complexity index is 314. The average Bonchev–Trinajstić information content (AvgIpc) is 2.92. The molecule has 2 fully saturated rings. The number of carbonyl (C=O) groups excluding carboxylic acids is 1. The van der Waals surface area contributed by atoms with Crippen molar-refractivity contribution >= 4 is 5.91 Å². The number of rotatable bonds is 6. The summed E-state index contributed by atoms with van der Waals surface area (Å²) in [6.07, 6.45) is 7.53. The van der Waals surface area contributed by atoms with Gasteiger partial charge in [-0.3, -0.25) is 4.79 Å². The molecule has 1 aliphatic carbocycles. The van der Waals surface area contributed by atoms with Crippen molar-refractivity contribution in [3.63, 3.8) is 0 Å². The third-order valence-electron chi connectivity index (χ3n) is 4.82. The van der Waals surface area contributed by atoms with Gasteiger partial charge in [0.1, 0.15) is 0 Å². The van der Waals surface area contributed by atoms with E-state index in [1.807, 2.05) is 0 Å². The van der Waals surface area contributed by atoms with Gasteiger partial charge in [0.15, 0.2) is 0 Å². The second kappa shape index (κ2) is 7.41. The lowest BCUT2D eigenvalue weighted by Gasteiger charge is -2.34. The van der Waals surface area contributed by atoms with E-state index in [9.17, 15) is 4.79 Å². The summed E-state index contributed by atoms with van der Waals surface area (Å²) in [6, 6.07) is 0.189. The molecule has 0 aromatic carbocycles. The third kappa shape index (κ3) is 4.19. The predicted octanol–water partition coefficient (Wildman–Crippen LogP) is 2.09. The first-order valence-corrected chi connectivity index (χ1v) is 8.23. The Morgan fingerprint density at radius 3 is 2.70 bits per heavy atom. The molecule has 2 atom stereocenters. The van der Waals surface area contributed by atoms with E-state index < -0.39 is 0 Å². The highest BCUT2D eigenvalue weighted by molar-refractivity contribution is 5.79. The second-order valence-corrected chi connectivity index (χ2v) is 6.79. The number of carbonyl (C=O) groups is 1. The maximum absolute atomic E-state index is 12.4. The van der Waals surface area contributed by atoms with Crippen molar-refractivity contribution in [2.24, 2.45) is 11.3 Å². The highest BCUT2D eigenvalue weighted by Crippen LogP contribution is 2.35. The van der Waals surface area contributed by atoms with Crippen molar-refractivity contribution < 1.29 is 9.53 Å². The van der Waals surface area contributed by atoms with E-state index in [0.717, 1.165) is 19.5 Å². The minimum atomic E-state index is -0.0197. The van der Waals surface area contributed by atoms with Gasteiger partial charge in [-0.2, -0.15) is 0 Å². The molecule has 1 saturated heterocycles. The lowest BCUT2D eigenvalue weighted by Crippen LogP contribution is -2.46. The van der Waals surface area contributed by atoms with Gasteiger partial charge < -0.3 is 15.4 Å². The van der Waals surface area contributed by atoms with Gasteiger partial charge in [-0.15, -0.1) is 0 Å². The topological polar surface area (TPSA) is 50.4 Å². The Kier molecular flexibility index (Phi) is 5.85. The molecular formula is C16H30N2O2. The molecule has 2 rings (SSSR count). The maximum Gasteiger partial charge on any atom is 0.227 e. The molecule has 20 heavy (non-hydrogen) atoms. The van der Waals surface area contributed by atoms with E-state index in [0.29, 0.717) is 18.6 Å². The molecule has 1 amide bonds. The minimum Gasteiger partial charge on any atom is -0.379 e. The Hall–Kier alpha value is -0.610. The van der Waals surface area contributed by atoms with Crippen LogP contribution < -0.4 is 10.6 Å². The van der Waals surface area contributed by atoms with Crippen LogP contribution in [-0.2, 0) is 9.53 Å². The van der Waals surface area contributed by atoms with Crippen LogP contribution >= 0.6 is 0 Å². The number of nitrogens with one attached hydrogen (secondary N) is 2. The van der Waals surface area contributed by atoms with E-state index in [2.05, 4.69) is 24.5 Å². The highest BCUT2D eigenvalue weighted by Gasteiger charge is 2.35. The van der Waals surface area contributed by atoms with Crippen molar-refractivity contribution in [3.05, 3.63) is 0 Å². The first kappa shape index (κ1) is 15.8. The van der Waals surface area contributed by atoms with E-state index in [4.69, 9.17) is 4.74 Å². The van der Waals surface area contributed by atoms with Crippen molar-refractivity contribution in [2.45, 2.75) is 58.4 Å². The lowest BCUT2D eigenvalue weighted by atomic mass is 9.75. The lowest BCUT2D eigenvalue weighted by molar-refractivity contribution is -0.126. The Morgan fingerprint density at radius 1 is 1.25 bits per heavy atom. The van der Waals surface area contributed by atoms with Crippen LogP contribution in [0.2, 0.25) is 0 Å². The van der Waals surface area contributed by atoms with E-state index >= 15 is 0 Å².